The lowest BCUT2D eigenvalue weighted by atomic mass is 9.89. The van der Waals surface area contributed by atoms with E-state index in [0.717, 1.165) is 24.2 Å². The van der Waals surface area contributed by atoms with Crippen LogP contribution in [0, 0.1) is 12.8 Å². The number of carbonyl (C=O) groups excluding carboxylic acids is 2. The molecule has 1 aromatic heterocycles. The number of rotatable bonds is 2. The number of piperazine rings is 1. The molecule has 2 heterocycles. The number of nitrogens with zero attached hydrogens (tertiary/aromatic N) is 3. The third-order valence-corrected chi connectivity index (χ3v) is 4.45. The lowest BCUT2D eigenvalue weighted by Crippen LogP contribution is -2.70. The second-order valence-electron chi connectivity index (χ2n) is 6.09. The summed E-state index contributed by atoms with van der Waals surface area (Å²) in [6.07, 6.45) is 3.79. The maximum Gasteiger partial charge on any atom is 0.253 e. The van der Waals surface area contributed by atoms with Crippen molar-refractivity contribution in [1.29, 1.82) is 0 Å². The summed E-state index contributed by atoms with van der Waals surface area (Å²) < 4.78 is 1.67. The van der Waals surface area contributed by atoms with Crippen LogP contribution in [-0.2, 0) is 16.6 Å². The van der Waals surface area contributed by atoms with Gasteiger partial charge in [-0.05, 0) is 39.5 Å². The minimum Gasteiger partial charge on any atom is -0.340 e. The van der Waals surface area contributed by atoms with Gasteiger partial charge in [-0.25, -0.2) is 0 Å². The van der Waals surface area contributed by atoms with Crippen molar-refractivity contribution in [2.45, 2.75) is 45.2 Å². The first-order valence-corrected chi connectivity index (χ1v) is 7.00. The van der Waals surface area contributed by atoms with Crippen LogP contribution in [0.1, 0.15) is 32.4 Å². The van der Waals surface area contributed by atoms with Gasteiger partial charge in [0.2, 0.25) is 5.91 Å². The quantitative estimate of drug-likeness (QED) is 0.866. The molecule has 2 amide bonds. The topological polar surface area (TPSA) is 67.2 Å². The van der Waals surface area contributed by atoms with Crippen molar-refractivity contribution in [2.75, 3.05) is 4.90 Å². The highest BCUT2D eigenvalue weighted by Crippen LogP contribution is 2.43. The molecule has 1 N–H and O–H groups in total. The number of aryl methyl sites for hydroxylation is 2. The first kappa shape index (κ1) is 13.1. The molecular weight excluding hydrogens is 256 g/mol. The Morgan fingerprint density at radius 2 is 2.05 bits per heavy atom. The first-order chi connectivity index (χ1) is 9.34. The van der Waals surface area contributed by atoms with Crippen molar-refractivity contribution < 1.29 is 9.59 Å². The standard InChI is InChI=1S/C14H20N4O2/c1-8-11(7-17(4)16-8)18-9(2)12(19)15-14(3,13(18)20)10-5-6-10/h7,9-10H,5-6H2,1-4H3,(H,15,19). The highest BCUT2D eigenvalue weighted by molar-refractivity contribution is 6.11. The van der Waals surface area contributed by atoms with Crippen LogP contribution in [0.4, 0.5) is 5.69 Å². The predicted octanol–water partition coefficient (Wildman–Crippen LogP) is 0.749. The largest absolute Gasteiger partial charge is 0.340 e. The van der Waals surface area contributed by atoms with Crippen LogP contribution in [-0.4, -0.2) is 33.2 Å². The number of amides is 2. The van der Waals surface area contributed by atoms with Gasteiger partial charge < -0.3 is 5.32 Å². The van der Waals surface area contributed by atoms with Crippen LogP contribution in [0.3, 0.4) is 0 Å². The number of nitrogens with one attached hydrogen (secondary N) is 1. The summed E-state index contributed by atoms with van der Waals surface area (Å²) in [6, 6.07) is -0.503. The van der Waals surface area contributed by atoms with Crippen LogP contribution in [0.15, 0.2) is 6.20 Å². The van der Waals surface area contributed by atoms with Gasteiger partial charge >= 0.3 is 0 Å². The number of carbonyl (C=O) groups is 2. The minimum absolute atomic E-state index is 0.0248. The van der Waals surface area contributed by atoms with Gasteiger partial charge in [-0.2, -0.15) is 5.10 Å². The molecule has 1 saturated carbocycles. The molecule has 2 aliphatic rings. The molecule has 2 atom stereocenters. The zero-order valence-corrected chi connectivity index (χ0v) is 12.3. The number of hydrogen-bond donors (Lipinski definition) is 1. The number of anilines is 1. The van der Waals surface area contributed by atoms with Gasteiger partial charge in [0.1, 0.15) is 11.6 Å². The van der Waals surface area contributed by atoms with Crippen molar-refractivity contribution in [2.24, 2.45) is 13.0 Å². The van der Waals surface area contributed by atoms with E-state index in [4.69, 9.17) is 0 Å². The van der Waals surface area contributed by atoms with Gasteiger partial charge in [-0.1, -0.05) is 0 Å². The van der Waals surface area contributed by atoms with Gasteiger partial charge in [-0.15, -0.1) is 0 Å². The summed E-state index contributed by atoms with van der Waals surface area (Å²) in [4.78, 5) is 26.8. The van der Waals surface area contributed by atoms with Gasteiger partial charge in [0, 0.05) is 13.2 Å². The predicted molar refractivity (Wildman–Crippen MR) is 74.2 cm³/mol. The summed E-state index contributed by atoms with van der Waals surface area (Å²) in [5.41, 5.74) is 0.721. The van der Waals surface area contributed by atoms with E-state index in [1.807, 2.05) is 20.9 Å². The third kappa shape index (κ3) is 1.74. The van der Waals surface area contributed by atoms with Crippen molar-refractivity contribution in [3.63, 3.8) is 0 Å². The Bertz CT molecular complexity index is 590. The molecule has 108 valence electrons. The van der Waals surface area contributed by atoms with Crippen molar-refractivity contribution in [1.82, 2.24) is 15.1 Å². The van der Waals surface area contributed by atoms with Gasteiger partial charge in [0.05, 0.1) is 11.4 Å². The summed E-state index contributed by atoms with van der Waals surface area (Å²) in [6.45, 7) is 5.46. The molecule has 6 heteroatoms. The van der Waals surface area contributed by atoms with Crippen molar-refractivity contribution in [3.8, 4) is 0 Å². The molecule has 20 heavy (non-hydrogen) atoms. The first-order valence-electron chi connectivity index (χ1n) is 7.00. The Balaban J connectivity index is 2.05. The highest BCUT2D eigenvalue weighted by atomic mass is 16.2. The second-order valence-corrected chi connectivity index (χ2v) is 6.09. The normalized spacial score (nSPS) is 30.6. The summed E-state index contributed by atoms with van der Waals surface area (Å²) in [5.74, 6) is 0.136. The summed E-state index contributed by atoms with van der Waals surface area (Å²) in [7, 11) is 1.82. The number of hydrogen-bond acceptors (Lipinski definition) is 3. The molecular formula is C14H20N4O2. The Morgan fingerprint density at radius 1 is 1.40 bits per heavy atom. The SMILES string of the molecule is Cc1nn(C)cc1N1C(=O)C(C)(C2CC2)NC(=O)C1C. The van der Waals surface area contributed by atoms with Crippen LogP contribution >= 0.6 is 0 Å². The molecule has 0 aromatic carbocycles. The molecule has 1 aliphatic heterocycles. The zero-order chi connectivity index (χ0) is 14.7. The average molecular weight is 276 g/mol. The summed E-state index contributed by atoms with van der Waals surface area (Å²) >= 11 is 0. The smallest absolute Gasteiger partial charge is 0.253 e. The molecule has 6 nitrogen and oxygen atoms in total. The lowest BCUT2D eigenvalue weighted by Gasteiger charge is -2.43. The van der Waals surface area contributed by atoms with Gasteiger partial charge in [0.15, 0.2) is 0 Å². The van der Waals surface area contributed by atoms with Gasteiger partial charge in [-0.3, -0.25) is 19.2 Å². The Hall–Kier alpha value is -1.85. The van der Waals surface area contributed by atoms with E-state index in [-0.39, 0.29) is 17.7 Å². The van der Waals surface area contributed by atoms with E-state index < -0.39 is 11.6 Å². The van der Waals surface area contributed by atoms with E-state index in [1.54, 1.807) is 22.7 Å². The maximum atomic E-state index is 12.9. The fourth-order valence-corrected chi connectivity index (χ4v) is 3.04. The van der Waals surface area contributed by atoms with Gasteiger partial charge in [0.25, 0.3) is 5.91 Å². The van der Waals surface area contributed by atoms with E-state index in [0.29, 0.717) is 0 Å². The molecule has 0 spiro atoms. The molecule has 1 saturated heterocycles. The van der Waals surface area contributed by atoms with Crippen molar-refractivity contribution >= 4 is 17.5 Å². The average Bonchev–Trinajstić information content (AvgIpc) is 3.15. The molecule has 1 aliphatic carbocycles. The van der Waals surface area contributed by atoms with Crippen LogP contribution in [0.25, 0.3) is 0 Å². The maximum absolute atomic E-state index is 12.9. The van der Waals surface area contributed by atoms with Crippen LogP contribution < -0.4 is 10.2 Å². The number of aromatic nitrogens is 2. The fraction of sp³-hybridized carbons (Fsp3) is 0.643. The van der Waals surface area contributed by atoms with E-state index in [1.165, 1.54) is 0 Å². The molecule has 0 radical (unpaired) electrons. The Labute approximate surface area is 118 Å². The Morgan fingerprint density at radius 3 is 2.55 bits per heavy atom. The third-order valence-electron chi connectivity index (χ3n) is 4.45. The monoisotopic (exact) mass is 276 g/mol. The minimum atomic E-state index is -0.772. The van der Waals surface area contributed by atoms with E-state index in [2.05, 4.69) is 10.4 Å². The highest BCUT2D eigenvalue weighted by Gasteiger charge is 2.55. The molecule has 2 fully saturated rings. The Kier molecular flexibility index (Phi) is 2.68. The fourth-order valence-electron chi connectivity index (χ4n) is 3.04. The zero-order valence-electron chi connectivity index (χ0n) is 12.3. The van der Waals surface area contributed by atoms with E-state index in [9.17, 15) is 9.59 Å². The molecule has 0 bridgehead atoms. The molecule has 3 rings (SSSR count). The van der Waals surface area contributed by atoms with Crippen molar-refractivity contribution in [3.05, 3.63) is 11.9 Å². The van der Waals surface area contributed by atoms with Crippen LogP contribution in [0.5, 0.6) is 0 Å². The summed E-state index contributed by atoms with van der Waals surface area (Å²) in [5, 5.41) is 7.20. The van der Waals surface area contributed by atoms with E-state index >= 15 is 0 Å². The lowest BCUT2D eigenvalue weighted by molar-refractivity contribution is -0.138. The molecule has 2 unspecified atom stereocenters. The van der Waals surface area contributed by atoms with Crippen LogP contribution in [0.2, 0.25) is 0 Å². The second kappa shape index (κ2) is 4.07. The molecule has 1 aromatic rings.